The standard InChI is InChI=1S/C15H10NO/c17-10-16-14-7-3-5-12-9-8-11-4-1-2-6-13(11)15(12)14/h1-9H,(H,16,17). The summed E-state index contributed by atoms with van der Waals surface area (Å²) < 4.78 is 0. The monoisotopic (exact) mass is 220 g/mol. The molecule has 1 radical (unpaired) electrons. The van der Waals surface area contributed by atoms with Crippen molar-refractivity contribution in [1.29, 1.82) is 0 Å². The van der Waals surface area contributed by atoms with E-state index in [0.717, 1.165) is 21.8 Å². The van der Waals surface area contributed by atoms with Gasteiger partial charge in [-0.05, 0) is 22.2 Å². The molecule has 0 saturated heterocycles. The molecule has 2 nitrogen and oxygen atoms in total. The SMILES string of the molecule is O=[C]Nc1cccc2ccc3ccccc3c12. The quantitative estimate of drug-likeness (QED) is 0.520. The van der Waals surface area contributed by atoms with Crippen LogP contribution in [0.15, 0.2) is 54.6 Å². The van der Waals surface area contributed by atoms with Gasteiger partial charge in [-0.25, -0.2) is 0 Å². The minimum absolute atomic E-state index is 0.800. The Kier molecular flexibility index (Phi) is 2.26. The topological polar surface area (TPSA) is 29.1 Å². The van der Waals surface area contributed by atoms with Gasteiger partial charge in [-0.3, -0.25) is 4.79 Å². The molecule has 0 aliphatic carbocycles. The van der Waals surface area contributed by atoms with Gasteiger partial charge in [0.15, 0.2) is 0 Å². The Morgan fingerprint density at radius 2 is 1.59 bits per heavy atom. The number of anilines is 1. The molecular weight excluding hydrogens is 210 g/mol. The first kappa shape index (κ1) is 9.85. The second kappa shape index (κ2) is 3.91. The highest BCUT2D eigenvalue weighted by Gasteiger charge is 2.04. The maximum Gasteiger partial charge on any atom is 0.314 e. The molecule has 0 heterocycles. The van der Waals surface area contributed by atoms with E-state index >= 15 is 0 Å². The van der Waals surface area contributed by atoms with Crippen LogP contribution < -0.4 is 5.32 Å². The molecule has 0 aromatic heterocycles. The third kappa shape index (κ3) is 1.54. The van der Waals surface area contributed by atoms with E-state index in [4.69, 9.17) is 0 Å². The predicted molar refractivity (Wildman–Crippen MR) is 70.8 cm³/mol. The molecule has 1 amide bonds. The van der Waals surface area contributed by atoms with E-state index < -0.39 is 0 Å². The van der Waals surface area contributed by atoms with Gasteiger partial charge in [0.1, 0.15) is 0 Å². The van der Waals surface area contributed by atoms with Crippen molar-refractivity contribution in [2.45, 2.75) is 0 Å². The fourth-order valence-electron chi connectivity index (χ4n) is 2.22. The first-order chi connectivity index (χ1) is 8.40. The molecule has 0 aliphatic heterocycles. The highest BCUT2D eigenvalue weighted by molar-refractivity contribution is 6.14. The third-order valence-electron chi connectivity index (χ3n) is 2.95. The molecule has 3 aromatic carbocycles. The Morgan fingerprint density at radius 1 is 0.824 bits per heavy atom. The lowest BCUT2D eigenvalue weighted by atomic mass is 10.0. The van der Waals surface area contributed by atoms with Crippen molar-refractivity contribution in [3.63, 3.8) is 0 Å². The van der Waals surface area contributed by atoms with Crippen molar-refractivity contribution in [2.75, 3.05) is 5.32 Å². The van der Waals surface area contributed by atoms with Crippen LogP contribution >= 0.6 is 0 Å². The molecule has 3 rings (SSSR count). The van der Waals surface area contributed by atoms with Crippen molar-refractivity contribution in [3.8, 4) is 0 Å². The zero-order valence-corrected chi connectivity index (χ0v) is 9.10. The van der Waals surface area contributed by atoms with E-state index in [1.807, 2.05) is 30.3 Å². The lowest BCUT2D eigenvalue weighted by Gasteiger charge is -2.08. The minimum Gasteiger partial charge on any atom is -0.317 e. The molecule has 0 atom stereocenters. The van der Waals surface area contributed by atoms with Crippen LogP contribution in [0, 0.1) is 0 Å². The Balaban J connectivity index is 2.49. The molecule has 0 saturated carbocycles. The normalized spacial score (nSPS) is 10.6. The summed E-state index contributed by atoms with van der Waals surface area (Å²) in [4.78, 5) is 10.5. The molecule has 2 heteroatoms. The summed E-state index contributed by atoms with van der Waals surface area (Å²) in [7, 11) is 0. The molecule has 1 N–H and O–H groups in total. The summed E-state index contributed by atoms with van der Waals surface area (Å²) >= 11 is 0. The van der Waals surface area contributed by atoms with Gasteiger partial charge < -0.3 is 5.32 Å². The molecule has 0 unspecified atom stereocenters. The number of carbonyl (C=O) groups excluding carboxylic acids is 1. The van der Waals surface area contributed by atoms with Crippen molar-refractivity contribution >= 4 is 33.6 Å². The Hall–Kier alpha value is -2.35. The zero-order chi connectivity index (χ0) is 11.7. The molecule has 81 valence electrons. The average Bonchev–Trinajstić information content (AvgIpc) is 2.39. The zero-order valence-electron chi connectivity index (χ0n) is 9.10. The van der Waals surface area contributed by atoms with Crippen LogP contribution in [0.4, 0.5) is 5.69 Å². The fourth-order valence-corrected chi connectivity index (χ4v) is 2.22. The maximum atomic E-state index is 10.5. The summed E-state index contributed by atoms with van der Waals surface area (Å²) in [6, 6.07) is 18.1. The van der Waals surface area contributed by atoms with Crippen molar-refractivity contribution in [2.24, 2.45) is 0 Å². The molecule has 0 aliphatic rings. The summed E-state index contributed by atoms with van der Waals surface area (Å²) in [5.74, 6) is 0. The van der Waals surface area contributed by atoms with Gasteiger partial charge in [-0.15, -0.1) is 0 Å². The van der Waals surface area contributed by atoms with E-state index in [-0.39, 0.29) is 0 Å². The smallest absolute Gasteiger partial charge is 0.314 e. The van der Waals surface area contributed by atoms with Gasteiger partial charge in [-0.2, -0.15) is 0 Å². The molecule has 0 bridgehead atoms. The predicted octanol–water partition coefficient (Wildman–Crippen LogP) is 3.47. The number of amides is 1. The molecular formula is C15H10NO. The largest absolute Gasteiger partial charge is 0.317 e. The van der Waals surface area contributed by atoms with E-state index in [1.54, 1.807) is 6.41 Å². The van der Waals surface area contributed by atoms with Crippen LogP contribution in [0.3, 0.4) is 0 Å². The lowest BCUT2D eigenvalue weighted by Crippen LogP contribution is -1.94. The summed E-state index contributed by atoms with van der Waals surface area (Å²) in [5, 5.41) is 7.12. The lowest BCUT2D eigenvalue weighted by molar-refractivity contribution is 0.561. The van der Waals surface area contributed by atoms with Gasteiger partial charge in [0.05, 0.1) is 0 Å². The Morgan fingerprint density at radius 3 is 2.47 bits per heavy atom. The maximum absolute atomic E-state index is 10.5. The minimum atomic E-state index is 0.800. The highest BCUT2D eigenvalue weighted by Crippen LogP contribution is 2.30. The van der Waals surface area contributed by atoms with Gasteiger partial charge in [0.2, 0.25) is 0 Å². The van der Waals surface area contributed by atoms with Crippen LogP contribution in [0.1, 0.15) is 0 Å². The Bertz CT molecular complexity index is 703. The van der Waals surface area contributed by atoms with E-state index in [0.29, 0.717) is 0 Å². The highest BCUT2D eigenvalue weighted by atomic mass is 16.1. The van der Waals surface area contributed by atoms with E-state index in [2.05, 4.69) is 29.6 Å². The number of hydrogen-bond donors (Lipinski definition) is 1. The van der Waals surface area contributed by atoms with E-state index in [9.17, 15) is 4.79 Å². The fraction of sp³-hybridized carbons (Fsp3) is 0. The third-order valence-corrected chi connectivity index (χ3v) is 2.95. The molecule has 3 aromatic rings. The Labute approximate surface area is 98.9 Å². The number of rotatable bonds is 2. The van der Waals surface area contributed by atoms with E-state index in [1.165, 1.54) is 5.39 Å². The number of hydrogen-bond acceptors (Lipinski definition) is 1. The van der Waals surface area contributed by atoms with Crippen molar-refractivity contribution in [1.82, 2.24) is 0 Å². The van der Waals surface area contributed by atoms with Crippen molar-refractivity contribution in [3.05, 3.63) is 54.6 Å². The second-order valence-corrected chi connectivity index (χ2v) is 3.92. The van der Waals surface area contributed by atoms with Crippen LogP contribution in [0.2, 0.25) is 0 Å². The first-order valence-electron chi connectivity index (χ1n) is 5.44. The number of nitrogens with one attached hydrogen (secondary N) is 1. The average molecular weight is 220 g/mol. The van der Waals surface area contributed by atoms with Crippen molar-refractivity contribution < 1.29 is 4.79 Å². The first-order valence-corrected chi connectivity index (χ1v) is 5.44. The second-order valence-electron chi connectivity index (χ2n) is 3.92. The van der Waals surface area contributed by atoms with Gasteiger partial charge in [0, 0.05) is 11.1 Å². The summed E-state index contributed by atoms with van der Waals surface area (Å²) in [5.41, 5.74) is 0.800. The van der Waals surface area contributed by atoms with Gasteiger partial charge in [-0.1, -0.05) is 48.5 Å². The molecule has 17 heavy (non-hydrogen) atoms. The molecule has 0 spiro atoms. The summed E-state index contributed by atoms with van der Waals surface area (Å²) in [6.45, 7) is 0. The van der Waals surface area contributed by atoms with Crippen LogP contribution in [0.5, 0.6) is 0 Å². The number of fused-ring (bicyclic) bond motifs is 3. The van der Waals surface area contributed by atoms with Gasteiger partial charge >= 0.3 is 6.41 Å². The van der Waals surface area contributed by atoms with Crippen LogP contribution in [0.25, 0.3) is 21.5 Å². The van der Waals surface area contributed by atoms with Gasteiger partial charge in [0.25, 0.3) is 0 Å². The van der Waals surface area contributed by atoms with Crippen LogP contribution in [-0.4, -0.2) is 6.41 Å². The molecule has 0 fully saturated rings. The number of benzene rings is 3. The van der Waals surface area contributed by atoms with Crippen LogP contribution in [-0.2, 0) is 4.79 Å². The summed E-state index contributed by atoms with van der Waals surface area (Å²) in [6.07, 6.45) is 1.74.